The number of aromatic nitrogens is 2. The molecule has 1 fully saturated rings. The summed E-state index contributed by atoms with van der Waals surface area (Å²) >= 11 is 3.33. The second-order valence-electron chi connectivity index (χ2n) is 7.76. The van der Waals surface area contributed by atoms with Crippen molar-refractivity contribution < 1.29 is 9.59 Å². The molecule has 3 heterocycles. The minimum Gasteiger partial charge on any atom is -0.338 e. The van der Waals surface area contributed by atoms with E-state index in [1.54, 1.807) is 17.2 Å². The minimum absolute atomic E-state index is 0.0670. The van der Waals surface area contributed by atoms with Gasteiger partial charge in [-0.25, -0.2) is 4.98 Å². The third-order valence-electron chi connectivity index (χ3n) is 5.45. The normalized spacial score (nSPS) is 16.5. The van der Waals surface area contributed by atoms with Crippen molar-refractivity contribution in [3.8, 4) is 0 Å². The van der Waals surface area contributed by atoms with Crippen molar-refractivity contribution in [1.82, 2.24) is 14.9 Å². The van der Waals surface area contributed by atoms with Crippen LogP contribution in [0.3, 0.4) is 0 Å². The van der Waals surface area contributed by atoms with Crippen LogP contribution in [0.25, 0.3) is 10.9 Å². The molecule has 1 saturated heterocycles. The van der Waals surface area contributed by atoms with Crippen molar-refractivity contribution >= 4 is 44.5 Å². The monoisotopic (exact) mass is 466 g/mol. The lowest BCUT2D eigenvalue weighted by Gasteiger charge is -2.32. The van der Waals surface area contributed by atoms with Crippen LogP contribution in [0.2, 0.25) is 0 Å². The van der Waals surface area contributed by atoms with Gasteiger partial charge in [0, 0.05) is 29.1 Å². The number of piperidine rings is 1. The van der Waals surface area contributed by atoms with Gasteiger partial charge in [-0.1, -0.05) is 11.6 Å². The van der Waals surface area contributed by atoms with E-state index < -0.39 is 0 Å². The molecule has 1 aromatic carbocycles. The van der Waals surface area contributed by atoms with Crippen LogP contribution in [-0.4, -0.2) is 39.8 Å². The SMILES string of the molecule is Cc1ccc2nc(C)c(C(=O)N3CCCC(C(=O)Nc4ccc(Br)cn4)C3)cc2c1. The molecule has 30 heavy (non-hydrogen) atoms. The van der Waals surface area contributed by atoms with Gasteiger partial charge in [0.1, 0.15) is 5.82 Å². The summed E-state index contributed by atoms with van der Waals surface area (Å²) < 4.78 is 0.851. The Morgan fingerprint density at radius 2 is 2.00 bits per heavy atom. The van der Waals surface area contributed by atoms with Crippen molar-refractivity contribution in [2.75, 3.05) is 18.4 Å². The number of anilines is 1. The molecule has 2 aromatic heterocycles. The predicted molar refractivity (Wildman–Crippen MR) is 120 cm³/mol. The molecule has 0 aliphatic carbocycles. The van der Waals surface area contributed by atoms with E-state index in [0.29, 0.717) is 30.2 Å². The van der Waals surface area contributed by atoms with E-state index in [1.807, 2.05) is 44.2 Å². The maximum Gasteiger partial charge on any atom is 0.255 e. The number of nitrogens with zero attached hydrogens (tertiary/aromatic N) is 3. The van der Waals surface area contributed by atoms with Crippen molar-refractivity contribution in [1.29, 1.82) is 0 Å². The fourth-order valence-corrected chi connectivity index (χ4v) is 4.07. The summed E-state index contributed by atoms with van der Waals surface area (Å²) in [4.78, 5) is 36.6. The average Bonchev–Trinajstić information content (AvgIpc) is 2.74. The second kappa shape index (κ2) is 8.52. The third kappa shape index (κ3) is 4.36. The van der Waals surface area contributed by atoms with Crippen molar-refractivity contribution in [3.05, 3.63) is 63.9 Å². The molecule has 1 atom stereocenters. The summed E-state index contributed by atoms with van der Waals surface area (Å²) in [5.74, 6) is 0.0784. The average molecular weight is 467 g/mol. The Morgan fingerprint density at radius 3 is 2.77 bits per heavy atom. The zero-order chi connectivity index (χ0) is 21.3. The number of rotatable bonds is 3. The highest BCUT2D eigenvalue weighted by atomic mass is 79.9. The summed E-state index contributed by atoms with van der Waals surface area (Å²) in [5, 5.41) is 3.81. The van der Waals surface area contributed by atoms with Crippen LogP contribution in [0, 0.1) is 19.8 Å². The molecule has 3 aromatic rings. The molecule has 4 rings (SSSR count). The molecule has 0 saturated carbocycles. The van der Waals surface area contributed by atoms with Gasteiger partial charge in [-0.15, -0.1) is 0 Å². The highest BCUT2D eigenvalue weighted by Crippen LogP contribution is 2.24. The van der Waals surface area contributed by atoms with Gasteiger partial charge in [0.25, 0.3) is 5.91 Å². The maximum absolute atomic E-state index is 13.2. The minimum atomic E-state index is -0.260. The molecule has 0 radical (unpaired) electrons. The molecule has 6 nitrogen and oxygen atoms in total. The number of halogens is 1. The van der Waals surface area contributed by atoms with Gasteiger partial charge in [-0.2, -0.15) is 0 Å². The summed E-state index contributed by atoms with van der Waals surface area (Å²) in [6.45, 7) is 4.92. The Balaban J connectivity index is 1.50. The number of benzene rings is 1. The fourth-order valence-electron chi connectivity index (χ4n) is 3.83. The molecule has 7 heteroatoms. The Hall–Kier alpha value is -2.80. The number of fused-ring (bicyclic) bond motifs is 1. The summed E-state index contributed by atoms with van der Waals surface area (Å²) in [7, 11) is 0. The maximum atomic E-state index is 13.2. The van der Waals surface area contributed by atoms with Crippen LogP contribution < -0.4 is 5.32 Å². The van der Waals surface area contributed by atoms with Gasteiger partial charge in [0.15, 0.2) is 0 Å². The largest absolute Gasteiger partial charge is 0.338 e. The predicted octanol–water partition coefficient (Wildman–Crippen LogP) is 4.50. The quantitative estimate of drug-likeness (QED) is 0.616. The van der Waals surface area contributed by atoms with Gasteiger partial charge in [-0.05, 0) is 73.0 Å². The zero-order valence-electron chi connectivity index (χ0n) is 17.0. The number of hydrogen-bond donors (Lipinski definition) is 1. The first-order valence-corrected chi connectivity index (χ1v) is 10.8. The Bertz CT molecular complexity index is 1110. The molecule has 1 N–H and O–H groups in total. The highest BCUT2D eigenvalue weighted by molar-refractivity contribution is 9.10. The van der Waals surface area contributed by atoms with Crippen LogP contribution in [0.15, 0.2) is 47.1 Å². The molecule has 154 valence electrons. The van der Waals surface area contributed by atoms with Crippen LogP contribution in [-0.2, 0) is 4.79 Å². The molecular weight excluding hydrogens is 444 g/mol. The number of amides is 2. The van der Waals surface area contributed by atoms with Crippen LogP contribution >= 0.6 is 15.9 Å². The van der Waals surface area contributed by atoms with Gasteiger partial charge in [-0.3, -0.25) is 14.6 Å². The Labute approximate surface area is 183 Å². The molecular formula is C23H23BrN4O2. The van der Waals surface area contributed by atoms with E-state index in [4.69, 9.17) is 0 Å². The Kier molecular flexibility index (Phi) is 5.81. The number of hydrogen-bond acceptors (Lipinski definition) is 4. The molecule has 1 unspecified atom stereocenters. The number of carbonyl (C=O) groups excluding carboxylic acids is 2. The first-order valence-electron chi connectivity index (χ1n) is 10.0. The topological polar surface area (TPSA) is 75.2 Å². The highest BCUT2D eigenvalue weighted by Gasteiger charge is 2.30. The lowest BCUT2D eigenvalue weighted by atomic mass is 9.96. The first kappa shape index (κ1) is 20.5. The lowest BCUT2D eigenvalue weighted by molar-refractivity contribution is -0.121. The van der Waals surface area contributed by atoms with Crippen molar-refractivity contribution in [2.24, 2.45) is 5.92 Å². The van der Waals surface area contributed by atoms with Crippen LogP contribution in [0.5, 0.6) is 0 Å². The summed E-state index contributed by atoms with van der Waals surface area (Å²) in [6, 6.07) is 11.5. The van der Waals surface area contributed by atoms with E-state index in [2.05, 4.69) is 31.2 Å². The van der Waals surface area contributed by atoms with Gasteiger partial charge >= 0.3 is 0 Å². The summed E-state index contributed by atoms with van der Waals surface area (Å²) in [5.41, 5.74) is 3.32. The molecule has 1 aliphatic rings. The zero-order valence-corrected chi connectivity index (χ0v) is 18.6. The molecule has 0 bridgehead atoms. The van der Waals surface area contributed by atoms with E-state index in [1.165, 1.54) is 0 Å². The molecule has 2 amide bonds. The van der Waals surface area contributed by atoms with Crippen LogP contribution in [0.1, 0.15) is 34.5 Å². The Morgan fingerprint density at radius 1 is 1.17 bits per heavy atom. The number of likely N-dealkylation sites (tertiary alicyclic amines) is 1. The number of pyridine rings is 2. The van der Waals surface area contributed by atoms with Gasteiger partial charge in [0.2, 0.25) is 5.91 Å². The first-order chi connectivity index (χ1) is 14.4. The van der Waals surface area contributed by atoms with Gasteiger partial charge < -0.3 is 10.2 Å². The van der Waals surface area contributed by atoms with E-state index in [0.717, 1.165) is 33.8 Å². The van der Waals surface area contributed by atoms with E-state index in [9.17, 15) is 9.59 Å². The third-order valence-corrected chi connectivity index (χ3v) is 5.92. The second-order valence-corrected chi connectivity index (χ2v) is 8.67. The molecule has 1 aliphatic heterocycles. The van der Waals surface area contributed by atoms with E-state index >= 15 is 0 Å². The van der Waals surface area contributed by atoms with Crippen LogP contribution in [0.4, 0.5) is 5.82 Å². The van der Waals surface area contributed by atoms with Gasteiger partial charge in [0.05, 0.1) is 22.7 Å². The number of carbonyl (C=O) groups is 2. The lowest BCUT2D eigenvalue weighted by Crippen LogP contribution is -2.44. The van der Waals surface area contributed by atoms with Crippen molar-refractivity contribution in [3.63, 3.8) is 0 Å². The number of nitrogens with one attached hydrogen (secondary N) is 1. The standard InChI is InChI=1S/C23H23BrN4O2/c1-14-5-7-20-17(10-14)11-19(15(2)26-20)23(30)28-9-3-4-16(13-28)22(29)27-21-8-6-18(24)12-25-21/h5-8,10-12,16H,3-4,9,13H2,1-2H3,(H,25,27,29). The number of aryl methyl sites for hydroxylation is 2. The molecule has 0 spiro atoms. The van der Waals surface area contributed by atoms with Crippen molar-refractivity contribution in [2.45, 2.75) is 26.7 Å². The van der Waals surface area contributed by atoms with E-state index in [-0.39, 0.29) is 17.7 Å². The fraction of sp³-hybridized carbons (Fsp3) is 0.304. The summed E-state index contributed by atoms with van der Waals surface area (Å²) in [6.07, 6.45) is 3.18. The smallest absolute Gasteiger partial charge is 0.255 e.